The minimum Gasteiger partial charge on any atom is -0.494 e. The fraction of sp³-hybridized carbons (Fsp3) is 0.333. The maximum Gasteiger partial charge on any atom is 0.286 e. The average molecular weight is 251 g/mol. The zero-order valence-electron chi connectivity index (χ0n) is 9.43. The van der Waals surface area contributed by atoms with E-state index in [1.54, 1.807) is 0 Å². The average Bonchev–Trinajstić information content (AvgIpc) is 2.61. The van der Waals surface area contributed by atoms with Gasteiger partial charge in [-0.2, -0.15) is 0 Å². The zero-order chi connectivity index (χ0) is 12.3. The molecule has 0 spiro atoms. The zero-order valence-corrected chi connectivity index (χ0v) is 10.3. The number of nitrogens with one attached hydrogen (secondary N) is 1. The van der Waals surface area contributed by atoms with Gasteiger partial charge in [0.05, 0.1) is 11.9 Å². The summed E-state index contributed by atoms with van der Waals surface area (Å²) in [6.45, 7) is 2.56. The summed E-state index contributed by atoms with van der Waals surface area (Å²) >= 11 is 1.05. The highest BCUT2D eigenvalue weighted by Gasteiger charge is 2.31. The number of imide groups is 1. The van der Waals surface area contributed by atoms with Crippen LogP contribution in [0.2, 0.25) is 0 Å². The summed E-state index contributed by atoms with van der Waals surface area (Å²) in [6.07, 6.45) is 0.564. The van der Waals surface area contributed by atoms with Gasteiger partial charge in [0.15, 0.2) is 0 Å². The van der Waals surface area contributed by atoms with Crippen LogP contribution in [0.15, 0.2) is 24.3 Å². The first kappa shape index (κ1) is 12.0. The molecular weight excluding hydrogens is 238 g/mol. The van der Waals surface area contributed by atoms with Gasteiger partial charge in [0.1, 0.15) is 5.75 Å². The Kier molecular flexibility index (Phi) is 3.68. The van der Waals surface area contributed by atoms with Gasteiger partial charge in [-0.25, -0.2) is 0 Å². The molecule has 2 amide bonds. The predicted octanol–water partition coefficient (Wildman–Crippen LogP) is 1.98. The monoisotopic (exact) mass is 251 g/mol. The number of hydrogen-bond acceptors (Lipinski definition) is 4. The quantitative estimate of drug-likeness (QED) is 0.889. The van der Waals surface area contributed by atoms with Gasteiger partial charge in [-0.1, -0.05) is 23.9 Å². The molecule has 90 valence electrons. The van der Waals surface area contributed by atoms with Crippen molar-refractivity contribution in [2.24, 2.45) is 0 Å². The topological polar surface area (TPSA) is 55.4 Å². The van der Waals surface area contributed by atoms with Crippen molar-refractivity contribution < 1.29 is 14.3 Å². The fourth-order valence-corrected chi connectivity index (χ4v) is 2.49. The van der Waals surface area contributed by atoms with Crippen molar-refractivity contribution in [3.05, 3.63) is 29.8 Å². The van der Waals surface area contributed by atoms with Crippen LogP contribution in [0.4, 0.5) is 4.79 Å². The summed E-state index contributed by atoms with van der Waals surface area (Å²) < 4.78 is 5.33. The Balaban J connectivity index is 1.99. The number of carbonyl (C=O) groups excluding carboxylic acids is 2. The molecule has 1 aliphatic heterocycles. The van der Waals surface area contributed by atoms with Crippen LogP contribution in [0.3, 0.4) is 0 Å². The second kappa shape index (κ2) is 5.23. The van der Waals surface area contributed by atoms with E-state index < -0.39 is 0 Å². The molecule has 0 radical (unpaired) electrons. The highest BCUT2D eigenvalue weighted by atomic mass is 32.2. The van der Waals surface area contributed by atoms with E-state index in [9.17, 15) is 9.59 Å². The Labute approximate surface area is 104 Å². The molecule has 1 aromatic rings. The molecule has 0 aliphatic carbocycles. The molecule has 5 heteroatoms. The van der Waals surface area contributed by atoms with Crippen molar-refractivity contribution in [2.45, 2.75) is 18.6 Å². The Hall–Kier alpha value is -1.49. The molecule has 0 bridgehead atoms. The number of thioether (sulfide) groups is 1. The highest BCUT2D eigenvalue weighted by molar-refractivity contribution is 8.15. The van der Waals surface area contributed by atoms with Gasteiger partial charge in [-0.15, -0.1) is 0 Å². The van der Waals surface area contributed by atoms with E-state index >= 15 is 0 Å². The molecule has 1 N–H and O–H groups in total. The van der Waals surface area contributed by atoms with Crippen LogP contribution in [-0.2, 0) is 11.2 Å². The molecule has 1 aromatic carbocycles. The molecule has 0 aromatic heterocycles. The van der Waals surface area contributed by atoms with Crippen molar-refractivity contribution >= 4 is 22.9 Å². The predicted molar refractivity (Wildman–Crippen MR) is 66.2 cm³/mol. The van der Waals surface area contributed by atoms with E-state index in [0.717, 1.165) is 23.1 Å². The summed E-state index contributed by atoms with van der Waals surface area (Å²) in [6, 6.07) is 7.58. The lowest BCUT2D eigenvalue weighted by molar-refractivity contribution is -0.118. The lowest BCUT2D eigenvalue weighted by Crippen LogP contribution is -2.25. The number of carbonyl (C=O) groups is 2. The molecule has 0 unspecified atom stereocenters. The van der Waals surface area contributed by atoms with Crippen LogP contribution in [0, 0.1) is 0 Å². The first-order valence-electron chi connectivity index (χ1n) is 5.42. The lowest BCUT2D eigenvalue weighted by Gasteiger charge is -2.07. The van der Waals surface area contributed by atoms with E-state index in [1.807, 2.05) is 31.2 Å². The largest absolute Gasteiger partial charge is 0.494 e. The normalized spacial score (nSPS) is 19.2. The van der Waals surface area contributed by atoms with Gasteiger partial charge < -0.3 is 4.74 Å². The van der Waals surface area contributed by atoms with E-state index in [-0.39, 0.29) is 16.4 Å². The first-order chi connectivity index (χ1) is 8.19. The molecular formula is C12H13NO3S. The highest BCUT2D eigenvalue weighted by Crippen LogP contribution is 2.23. The minimum atomic E-state index is -0.305. The Morgan fingerprint density at radius 1 is 1.29 bits per heavy atom. The van der Waals surface area contributed by atoms with E-state index in [4.69, 9.17) is 4.74 Å². The number of benzene rings is 1. The van der Waals surface area contributed by atoms with Gasteiger partial charge in [0, 0.05) is 0 Å². The van der Waals surface area contributed by atoms with Gasteiger partial charge in [0.2, 0.25) is 5.91 Å². The van der Waals surface area contributed by atoms with Crippen LogP contribution in [0.5, 0.6) is 5.75 Å². The SMILES string of the molecule is CCOc1ccc(C[C@@H]2SC(=O)NC2=O)cc1. The molecule has 2 rings (SSSR count). The molecule has 4 nitrogen and oxygen atoms in total. The second-order valence-electron chi connectivity index (χ2n) is 3.66. The standard InChI is InChI=1S/C12H13NO3S/c1-2-16-9-5-3-8(4-6-9)7-10-11(14)13-12(15)17-10/h3-6,10H,2,7H2,1H3,(H,13,14,15)/t10-/m0/s1. The molecule has 1 fully saturated rings. The summed E-state index contributed by atoms with van der Waals surface area (Å²) in [5.74, 6) is 0.615. The summed E-state index contributed by atoms with van der Waals surface area (Å²) in [5.41, 5.74) is 1.02. The third-order valence-electron chi connectivity index (χ3n) is 2.42. The lowest BCUT2D eigenvalue weighted by atomic mass is 10.1. The van der Waals surface area contributed by atoms with Gasteiger partial charge >= 0.3 is 0 Å². The van der Waals surface area contributed by atoms with Crippen LogP contribution in [0.1, 0.15) is 12.5 Å². The van der Waals surface area contributed by atoms with Gasteiger partial charge in [-0.05, 0) is 31.0 Å². The maximum atomic E-state index is 11.4. The molecule has 0 saturated carbocycles. The number of ether oxygens (including phenoxy) is 1. The van der Waals surface area contributed by atoms with Crippen molar-refractivity contribution in [1.82, 2.24) is 5.32 Å². The van der Waals surface area contributed by atoms with Crippen LogP contribution in [0.25, 0.3) is 0 Å². The van der Waals surface area contributed by atoms with Crippen molar-refractivity contribution in [3.63, 3.8) is 0 Å². The van der Waals surface area contributed by atoms with Gasteiger partial charge in [-0.3, -0.25) is 14.9 Å². The summed E-state index contributed by atoms with van der Waals surface area (Å²) in [5, 5.41) is 1.72. The molecule has 1 saturated heterocycles. The summed E-state index contributed by atoms with van der Waals surface area (Å²) in [4.78, 5) is 22.4. The van der Waals surface area contributed by atoms with E-state index in [1.165, 1.54) is 0 Å². The summed E-state index contributed by atoms with van der Waals surface area (Å²) in [7, 11) is 0. The Morgan fingerprint density at radius 3 is 2.53 bits per heavy atom. The van der Waals surface area contributed by atoms with Crippen molar-refractivity contribution in [3.8, 4) is 5.75 Å². The Morgan fingerprint density at radius 2 is 2.00 bits per heavy atom. The molecule has 1 heterocycles. The minimum absolute atomic E-state index is 0.200. The number of rotatable bonds is 4. The van der Waals surface area contributed by atoms with Crippen LogP contribution < -0.4 is 10.1 Å². The smallest absolute Gasteiger partial charge is 0.286 e. The molecule has 1 aliphatic rings. The van der Waals surface area contributed by atoms with E-state index in [0.29, 0.717) is 13.0 Å². The third kappa shape index (κ3) is 3.00. The van der Waals surface area contributed by atoms with E-state index in [2.05, 4.69) is 5.32 Å². The van der Waals surface area contributed by atoms with Gasteiger partial charge in [0.25, 0.3) is 5.24 Å². The van der Waals surface area contributed by atoms with Crippen LogP contribution >= 0.6 is 11.8 Å². The third-order valence-corrected chi connectivity index (χ3v) is 3.40. The van der Waals surface area contributed by atoms with Crippen molar-refractivity contribution in [2.75, 3.05) is 6.61 Å². The fourth-order valence-electron chi connectivity index (χ4n) is 1.63. The number of hydrogen-bond donors (Lipinski definition) is 1. The number of amides is 2. The molecule has 1 atom stereocenters. The van der Waals surface area contributed by atoms with Crippen molar-refractivity contribution in [1.29, 1.82) is 0 Å². The van der Waals surface area contributed by atoms with Crippen LogP contribution in [-0.4, -0.2) is 23.0 Å². The maximum absolute atomic E-state index is 11.4. The second-order valence-corrected chi connectivity index (χ2v) is 4.84. The molecule has 17 heavy (non-hydrogen) atoms. The Bertz CT molecular complexity index is 430. The first-order valence-corrected chi connectivity index (χ1v) is 6.30.